The summed E-state index contributed by atoms with van der Waals surface area (Å²) in [6, 6.07) is 3.93. The minimum absolute atomic E-state index is 0.0208. The van der Waals surface area contributed by atoms with Crippen LogP contribution < -0.4 is 0 Å². The van der Waals surface area contributed by atoms with Gasteiger partial charge < -0.3 is 0 Å². The fourth-order valence-corrected chi connectivity index (χ4v) is 1.32. The highest BCUT2D eigenvalue weighted by molar-refractivity contribution is 5.17. The van der Waals surface area contributed by atoms with E-state index in [1.807, 2.05) is 30.4 Å². The van der Waals surface area contributed by atoms with Crippen LogP contribution in [0.1, 0.15) is 11.7 Å². The van der Waals surface area contributed by atoms with Gasteiger partial charge in [0, 0.05) is 31.5 Å². The van der Waals surface area contributed by atoms with Crippen LogP contribution in [0, 0.1) is 0 Å². The third-order valence-corrected chi connectivity index (χ3v) is 1.98. The lowest BCUT2D eigenvalue weighted by molar-refractivity contribution is -0.168. The maximum Gasteiger partial charge on any atom is 0.124 e. The molecule has 0 radical (unpaired) electrons. The lowest BCUT2D eigenvalue weighted by atomic mass is 10.1. The molecule has 1 aliphatic rings. The van der Waals surface area contributed by atoms with Crippen LogP contribution in [-0.4, -0.2) is 23.6 Å². The summed E-state index contributed by atoms with van der Waals surface area (Å²) in [5.41, 5.74) is 1.09. The van der Waals surface area contributed by atoms with Gasteiger partial charge in [-0.05, 0) is 6.07 Å². The van der Waals surface area contributed by atoms with Crippen LogP contribution in [0.4, 0.5) is 0 Å². The number of pyridine rings is 1. The molecule has 0 fully saturated rings. The highest BCUT2D eigenvalue weighted by atomic mass is 16.7. The molecule has 1 aromatic rings. The molecule has 3 nitrogen and oxygen atoms in total. The van der Waals surface area contributed by atoms with E-state index < -0.39 is 0 Å². The molecule has 2 heterocycles. The Morgan fingerprint density at radius 1 is 1.62 bits per heavy atom. The zero-order valence-corrected chi connectivity index (χ0v) is 7.55. The average Bonchev–Trinajstić information content (AvgIpc) is 2.19. The molecule has 0 saturated carbocycles. The number of likely N-dealkylation sites (N-methyl/N-ethyl adjacent to an activating group) is 1. The first kappa shape index (κ1) is 8.41. The van der Waals surface area contributed by atoms with Gasteiger partial charge in [0.2, 0.25) is 0 Å². The van der Waals surface area contributed by atoms with Crippen molar-refractivity contribution in [1.29, 1.82) is 0 Å². The average molecular weight is 176 g/mol. The summed E-state index contributed by atoms with van der Waals surface area (Å²) >= 11 is 0. The molecular weight excluding hydrogens is 164 g/mol. The van der Waals surface area contributed by atoms with Crippen LogP contribution in [0.3, 0.4) is 0 Å². The van der Waals surface area contributed by atoms with E-state index in [-0.39, 0.29) is 6.10 Å². The van der Waals surface area contributed by atoms with Crippen molar-refractivity contribution in [2.45, 2.75) is 6.10 Å². The molecule has 1 aromatic heterocycles. The van der Waals surface area contributed by atoms with Gasteiger partial charge in [-0.1, -0.05) is 18.2 Å². The SMILES string of the molecule is CN1CC=CC(c2cccnc2)O1. The van der Waals surface area contributed by atoms with Crippen LogP contribution in [0.25, 0.3) is 0 Å². The first-order valence-electron chi connectivity index (χ1n) is 4.31. The van der Waals surface area contributed by atoms with Gasteiger partial charge in [-0.3, -0.25) is 9.82 Å². The van der Waals surface area contributed by atoms with Crippen molar-refractivity contribution in [3.8, 4) is 0 Å². The van der Waals surface area contributed by atoms with Gasteiger partial charge in [-0.2, -0.15) is 5.06 Å². The molecule has 68 valence electrons. The maximum atomic E-state index is 5.58. The van der Waals surface area contributed by atoms with E-state index in [9.17, 15) is 0 Å². The largest absolute Gasteiger partial charge is 0.287 e. The van der Waals surface area contributed by atoms with Gasteiger partial charge in [0.25, 0.3) is 0 Å². The van der Waals surface area contributed by atoms with E-state index in [4.69, 9.17) is 4.84 Å². The van der Waals surface area contributed by atoms with E-state index in [0.717, 1.165) is 12.1 Å². The molecular formula is C10H12N2O. The predicted molar refractivity (Wildman–Crippen MR) is 49.8 cm³/mol. The summed E-state index contributed by atoms with van der Waals surface area (Å²) in [5.74, 6) is 0. The van der Waals surface area contributed by atoms with E-state index in [1.165, 1.54) is 0 Å². The van der Waals surface area contributed by atoms with Gasteiger partial charge in [0.15, 0.2) is 0 Å². The summed E-state index contributed by atoms with van der Waals surface area (Å²) in [7, 11) is 1.92. The highest BCUT2D eigenvalue weighted by Gasteiger charge is 2.14. The highest BCUT2D eigenvalue weighted by Crippen LogP contribution is 2.21. The molecule has 0 aliphatic carbocycles. The Hall–Kier alpha value is -1.19. The second kappa shape index (κ2) is 3.68. The van der Waals surface area contributed by atoms with Crippen LogP contribution >= 0.6 is 0 Å². The Morgan fingerprint density at radius 3 is 3.23 bits per heavy atom. The molecule has 0 spiro atoms. The van der Waals surface area contributed by atoms with Crippen LogP contribution in [0.15, 0.2) is 36.7 Å². The molecule has 0 amide bonds. The number of hydrogen-bond acceptors (Lipinski definition) is 3. The quantitative estimate of drug-likeness (QED) is 0.607. The van der Waals surface area contributed by atoms with Crippen molar-refractivity contribution in [1.82, 2.24) is 10.0 Å². The first-order valence-corrected chi connectivity index (χ1v) is 4.31. The van der Waals surface area contributed by atoms with Crippen LogP contribution in [-0.2, 0) is 4.84 Å². The molecule has 13 heavy (non-hydrogen) atoms. The lowest BCUT2D eigenvalue weighted by Gasteiger charge is -2.24. The van der Waals surface area contributed by atoms with Crippen molar-refractivity contribution < 1.29 is 4.84 Å². The minimum Gasteiger partial charge on any atom is -0.287 e. The van der Waals surface area contributed by atoms with Crippen molar-refractivity contribution in [3.63, 3.8) is 0 Å². The standard InChI is InChI=1S/C10H12N2O/c1-12-7-3-5-10(13-12)9-4-2-6-11-8-9/h2-6,8,10H,7H2,1H3. The smallest absolute Gasteiger partial charge is 0.124 e. The third-order valence-electron chi connectivity index (χ3n) is 1.98. The summed E-state index contributed by atoms with van der Waals surface area (Å²) < 4.78 is 0. The van der Waals surface area contributed by atoms with E-state index in [1.54, 1.807) is 6.20 Å². The molecule has 0 saturated heterocycles. The Balaban J connectivity index is 2.18. The van der Waals surface area contributed by atoms with Crippen molar-refractivity contribution in [2.75, 3.05) is 13.6 Å². The van der Waals surface area contributed by atoms with Crippen molar-refractivity contribution in [3.05, 3.63) is 42.2 Å². The summed E-state index contributed by atoms with van der Waals surface area (Å²) in [4.78, 5) is 9.63. The van der Waals surface area contributed by atoms with E-state index in [0.29, 0.717) is 0 Å². The molecule has 1 aliphatic heterocycles. The van der Waals surface area contributed by atoms with E-state index >= 15 is 0 Å². The zero-order valence-electron chi connectivity index (χ0n) is 7.55. The minimum atomic E-state index is 0.0208. The molecule has 2 rings (SSSR count). The van der Waals surface area contributed by atoms with E-state index in [2.05, 4.69) is 17.1 Å². The van der Waals surface area contributed by atoms with Gasteiger partial charge in [-0.15, -0.1) is 0 Å². The number of rotatable bonds is 1. The Kier molecular flexibility index (Phi) is 2.38. The van der Waals surface area contributed by atoms with Gasteiger partial charge >= 0.3 is 0 Å². The Morgan fingerprint density at radius 2 is 2.54 bits per heavy atom. The van der Waals surface area contributed by atoms with Gasteiger partial charge in [-0.25, -0.2) is 0 Å². The predicted octanol–water partition coefficient (Wildman–Crippen LogP) is 1.56. The lowest BCUT2D eigenvalue weighted by Crippen LogP contribution is -2.24. The van der Waals surface area contributed by atoms with Crippen LogP contribution in [0.2, 0.25) is 0 Å². The second-order valence-electron chi connectivity index (χ2n) is 3.05. The summed E-state index contributed by atoms with van der Waals surface area (Å²) in [6.45, 7) is 0.844. The number of aromatic nitrogens is 1. The fraction of sp³-hybridized carbons (Fsp3) is 0.300. The van der Waals surface area contributed by atoms with Crippen LogP contribution in [0.5, 0.6) is 0 Å². The summed E-state index contributed by atoms with van der Waals surface area (Å²) in [6.07, 6.45) is 7.76. The molecule has 1 unspecified atom stereocenters. The van der Waals surface area contributed by atoms with Crippen molar-refractivity contribution >= 4 is 0 Å². The Labute approximate surface area is 77.6 Å². The van der Waals surface area contributed by atoms with Gasteiger partial charge in [0.05, 0.1) is 0 Å². The Bertz CT molecular complexity index is 297. The third kappa shape index (κ3) is 1.94. The van der Waals surface area contributed by atoms with Crippen molar-refractivity contribution in [2.24, 2.45) is 0 Å². The maximum absolute atomic E-state index is 5.58. The normalized spacial score (nSPS) is 23.3. The molecule has 1 atom stereocenters. The fourth-order valence-electron chi connectivity index (χ4n) is 1.32. The van der Waals surface area contributed by atoms with Gasteiger partial charge in [0.1, 0.15) is 6.10 Å². The topological polar surface area (TPSA) is 25.4 Å². The summed E-state index contributed by atoms with van der Waals surface area (Å²) in [5, 5.41) is 1.82. The molecule has 0 bridgehead atoms. The second-order valence-corrected chi connectivity index (χ2v) is 3.05. The monoisotopic (exact) mass is 176 g/mol. The zero-order chi connectivity index (χ0) is 9.10. The molecule has 0 aromatic carbocycles. The first-order chi connectivity index (χ1) is 6.36. The number of hydrogen-bond donors (Lipinski definition) is 0. The number of hydroxylamine groups is 2. The molecule has 3 heteroatoms. The number of nitrogens with zero attached hydrogens (tertiary/aromatic N) is 2. The molecule has 0 N–H and O–H groups in total.